The largest absolute Gasteiger partial charge is 0.468 e. The molecular formula is C30H35FN4O6S. The maximum atomic E-state index is 14.4. The molecule has 1 fully saturated rings. The second-order valence-electron chi connectivity index (χ2n) is 11.4. The Bertz CT molecular complexity index is 1630. The summed E-state index contributed by atoms with van der Waals surface area (Å²) in [6, 6.07) is 10.9. The van der Waals surface area contributed by atoms with Gasteiger partial charge in [-0.25, -0.2) is 12.8 Å². The Balaban J connectivity index is 1.37. The second kappa shape index (κ2) is 11.4. The van der Waals surface area contributed by atoms with Crippen LogP contribution in [0.25, 0.3) is 10.9 Å². The number of carbonyl (C=O) groups excluding carboxylic acids is 3. The Morgan fingerprint density at radius 2 is 1.83 bits per heavy atom. The minimum Gasteiger partial charge on any atom is -0.468 e. The third-order valence-corrected chi connectivity index (χ3v) is 9.98. The number of rotatable bonds is 8. The molecular weight excluding hydrogens is 563 g/mol. The summed E-state index contributed by atoms with van der Waals surface area (Å²) >= 11 is 0. The Kier molecular flexibility index (Phi) is 8.02. The van der Waals surface area contributed by atoms with Crippen LogP contribution in [-0.2, 0) is 41.0 Å². The number of sulfonamides is 1. The highest BCUT2D eigenvalue weighted by molar-refractivity contribution is 7.93. The zero-order valence-electron chi connectivity index (χ0n) is 23.9. The lowest BCUT2D eigenvalue weighted by Gasteiger charge is -2.41. The fourth-order valence-corrected chi connectivity index (χ4v) is 7.47. The summed E-state index contributed by atoms with van der Waals surface area (Å²) in [6.45, 7) is 4.16. The molecule has 1 aromatic heterocycles. The van der Waals surface area contributed by atoms with Gasteiger partial charge in [-0.3, -0.25) is 18.7 Å². The number of anilines is 1. The maximum Gasteiger partial charge on any atom is 0.322 e. The molecule has 2 aliphatic heterocycles. The van der Waals surface area contributed by atoms with Crippen LogP contribution in [0.4, 0.5) is 10.1 Å². The van der Waals surface area contributed by atoms with Gasteiger partial charge in [-0.15, -0.1) is 0 Å². The van der Waals surface area contributed by atoms with Crippen LogP contribution in [0, 0.1) is 11.7 Å². The topological polar surface area (TPSA) is 129 Å². The number of fused-ring (bicyclic) bond motifs is 3. The molecule has 10 nitrogen and oxygen atoms in total. The van der Waals surface area contributed by atoms with Gasteiger partial charge in [-0.1, -0.05) is 32.0 Å². The number of para-hydroxylation sites is 1. The van der Waals surface area contributed by atoms with E-state index >= 15 is 0 Å². The Hall–Kier alpha value is -3.93. The van der Waals surface area contributed by atoms with Gasteiger partial charge in [0.1, 0.15) is 11.9 Å². The average Bonchev–Trinajstić information content (AvgIpc) is 3.51. The van der Waals surface area contributed by atoms with Crippen LogP contribution in [0.2, 0.25) is 0 Å². The summed E-state index contributed by atoms with van der Waals surface area (Å²) in [6.07, 6.45) is 2.93. The first-order valence-corrected chi connectivity index (χ1v) is 15.6. The van der Waals surface area contributed by atoms with Gasteiger partial charge in [0.05, 0.1) is 12.8 Å². The number of carbonyl (C=O) groups is 3. The molecule has 2 aromatic carbocycles. The SMILES string of the molecule is COC(=O)CS(=O)(=O)N1CC2(CCN(C(=O)[C@@H](Cc3c[nH]c4ccccc34)NC(=O)C(C)C)CC2)c2cc(F)ccc21. The number of piperidine rings is 1. The van der Waals surface area contributed by atoms with Crippen molar-refractivity contribution in [2.24, 2.45) is 5.92 Å². The Morgan fingerprint density at radius 3 is 2.52 bits per heavy atom. The molecule has 5 rings (SSSR count). The number of esters is 1. The molecule has 1 saturated heterocycles. The maximum absolute atomic E-state index is 14.4. The predicted molar refractivity (Wildman–Crippen MR) is 156 cm³/mol. The molecule has 3 heterocycles. The first kappa shape index (κ1) is 29.6. The van der Waals surface area contributed by atoms with Crippen molar-refractivity contribution in [1.29, 1.82) is 0 Å². The fourth-order valence-electron chi connectivity index (χ4n) is 5.99. The van der Waals surface area contributed by atoms with E-state index < -0.39 is 39.0 Å². The highest BCUT2D eigenvalue weighted by atomic mass is 32.2. The van der Waals surface area contributed by atoms with E-state index in [0.29, 0.717) is 43.6 Å². The lowest BCUT2D eigenvalue weighted by molar-refractivity contribution is -0.138. The van der Waals surface area contributed by atoms with E-state index in [2.05, 4.69) is 15.0 Å². The minimum absolute atomic E-state index is 0.0377. The lowest BCUT2D eigenvalue weighted by atomic mass is 9.74. The first-order chi connectivity index (χ1) is 19.9. The molecule has 2 aliphatic rings. The van der Waals surface area contributed by atoms with Crippen molar-refractivity contribution < 1.29 is 31.9 Å². The highest BCUT2D eigenvalue weighted by Crippen LogP contribution is 2.48. The summed E-state index contributed by atoms with van der Waals surface area (Å²) in [5, 5.41) is 3.90. The van der Waals surface area contributed by atoms with Gasteiger partial charge in [0.2, 0.25) is 21.8 Å². The number of aromatic nitrogens is 1. The van der Waals surface area contributed by atoms with Crippen molar-refractivity contribution in [3.63, 3.8) is 0 Å². The molecule has 12 heteroatoms. The zero-order chi connectivity index (χ0) is 30.2. The number of aromatic amines is 1. The van der Waals surface area contributed by atoms with E-state index in [4.69, 9.17) is 0 Å². The van der Waals surface area contributed by atoms with Gasteiger partial charge in [0.25, 0.3) is 0 Å². The summed E-state index contributed by atoms with van der Waals surface area (Å²) in [5.41, 5.74) is 2.00. The van der Waals surface area contributed by atoms with Crippen LogP contribution < -0.4 is 9.62 Å². The molecule has 1 spiro atoms. The van der Waals surface area contributed by atoms with Crippen molar-refractivity contribution in [3.8, 4) is 0 Å². The zero-order valence-corrected chi connectivity index (χ0v) is 24.7. The summed E-state index contributed by atoms with van der Waals surface area (Å²) < 4.78 is 46.5. The number of amides is 2. The van der Waals surface area contributed by atoms with Crippen LogP contribution in [0.1, 0.15) is 37.8 Å². The Morgan fingerprint density at radius 1 is 1.12 bits per heavy atom. The first-order valence-electron chi connectivity index (χ1n) is 14.0. The molecule has 2 amide bonds. The fraction of sp³-hybridized carbons (Fsp3) is 0.433. The number of H-pyrrole nitrogens is 1. The lowest BCUT2D eigenvalue weighted by Crippen LogP contribution is -2.55. The van der Waals surface area contributed by atoms with Crippen LogP contribution in [0.3, 0.4) is 0 Å². The number of methoxy groups -OCH3 is 1. The molecule has 0 aliphatic carbocycles. The van der Waals surface area contributed by atoms with Gasteiger partial charge in [0, 0.05) is 54.5 Å². The molecule has 3 aromatic rings. The van der Waals surface area contributed by atoms with Crippen molar-refractivity contribution in [2.45, 2.75) is 44.6 Å². The molecule has 224 valence electrons. The van der Waals surface area contributed by atoms with Gasteiger partial charge < -0.3 is 19.9 Å². The number of halogens is 1. The standard InChI is InChI=1S/C30H35FN4O6S/c1-19(2)28(37)33-25(14-20-16-32-24-7-5-4-6-22(20)24)29(38)34-12-10-30(11-13-34)18-35(42(39,40)17-27(36)41-3)26-9-8-21(31)15-23(26)30/h4-9,15-16,19,25,32H,10-14,17-18H2,1-3H3,(H,33,37)/t25-/m1/s1. The van der Waals surface area contributed by atoms with E-state index in [-0.39, 0.29) is 24.3 Å². The number of hydrogen-bond acceptors (Lipinski definition) is 6. The van der Waals surface area contributed by atoms with Crippen LogP contribution in [-0.4, -0.2) is 74.6 Å². The number of ether oxygens (including phenoxy) is 1. The number of hydrogen-bond donors (Lipinski definition) is 2. The van der Waals surface area contributed by atoms with Crippen LogP contribution in [0.15, 0.2) is 48.7 Å². The quantitative estimate of drug-likeness (QED) is 0.384. The predicted octanol–water partition coefficient (Wildman–Crippen LogP) is 2.87. The van der Waals surface area contributed by atoms with Gasteiger partial charge in [0.15, 0.2) is 5.75 Å². The van der Waals surface area contributed by atoms with Gasteiger partial charge >= 0.3 is 5.97 Å². The third kappa shape index (κ3) is 5.59. The summed E-state index contributed by atoms with van der Waals surface area (Å²) in [7, 11) is -2.96. The number of benzene rings is 2. The van der Waals surface area contributed by atoms with Crippen molar-refractivity contribution >= 4 is 44.4 Å². The number of nitrogens with zero attached hydrogens (tertiary/aromatic N) is 2. The van der Waals surface area contributed by atoms with Crippen molar-refractivity contribution in [3.05, 3.63) is 65.6 Å². The number of nitrogens with one attached hydrogen (secondary N) is 2. The summed E-state index contributed by atoms with van der Waals surface area (Å²) in [5.74, 6) is -2.97. The number of likely N-dealkylation sites (tertiary alicyclic amines) is 1. The molecule has 42 heavy (non-hydrogen) atoms. The highest BCUT2D eigenvalue weighted by Gasteiger charge is 2.49. The Labute approximate surface area is 244 Å². The molecule has 0 bridgehead atoms. The van der Waals surface area contributed by atoms with Gasteiger partial charge in [-0.2, -0.15) is 0 Å². The normalized spacial score (nSPS) is 17.0. The molecule has 0 unspecified atom stereocenters. The van der Waals surface area contributed by atoms with Crippen molar-refractivity contribution in [1.82, 2.24) is 15.2 Å². The van der Waals surface area contributed by atoms with E-state index in [1.807, 2.05) is 30.5 Å². The van der Waals surface area contributed by atoms with E-state index in [9.17, 15) is 27.2 Å². The summed E-state index contributed by atoms with van der Waals surface area (Å²) in [4.78, 5) is 43.3. The van der Waals surface area contributed by atoms with Crippen LogP contribution >= 0.6 is 0 Å². The minimum atomic E-state index is -4.08. The van der Waals surface area contributed by atoms with Crippen molar-refractivity contribution in [2.75, 3.05) is 36.8 Å². The smallest absolute Gasteiger partial charge is 0.322 e. The second-order valence-corrected chi connectivity index (χ2v) is 13.3. The van der Waals surface area contributed by atoms with E-state index in [0.717, 1.165) is 23.6 Å². The average molecular weight is 599 g/mol. The third-order valence-electron chi connectivity index (χ3n) is 8.38. The molecule has 1 atom stereocenters. The molecule has 0 saturated carbocycles. The van der Waals surface area contributed by atoms with Gasteiger partial charge in [-0.05, 0) is 48.2 Å². The molecule has 0 radical (unpaired) electrons. The van der Waals surface area contributed by atoms with Crippen LogP contribution in [0.5, 0.6) is 0 Å². The monoisotopic (exact) mass is 598 g/mol. The van der Waals surface area contributed by atoms with E-state index in [1.54, 1.807) is 18.7 Å². The molecule has 2 N–H and O–H groups in total. The van der Waals surface area contributed by atoms with E-state index in [1.165, 1.54) is 22.5 Å².